The Balaban J connectivity index is 2.09. The predicted molar refractivity (Wildman–Crippen MR) is 87.4 cm³/mol. The van der Waals surface area contributed by atoms with Crippen LogP contribution in [-0.2, 0) is 0 Å². The largest absolute Gasteiger partial charge is 0.399 e. The number of nitrogen functional groups attached to an aromatic ring is 1. The van der Waals surface area contributed by atoms with Gasteiger partial charge in [0.15, 0.2) is 0 Å². The maximum absolute atomic E-state index is 11.9. The van der Waals surface area contributed by atoms with Gasteiger partial charge in [-0.15, -0.1) is 0 Å². The van der Waals surface area contributed by atoms with Gasteiger partial charge in [-0.25, -0.2) is 4.79 Å². The monoisotopic (exact) mass is 353 g/mol. The van der Waals surface area contributed by atoms with E-state index in [0.29, 0.717) is 22.1 Å². The zero-order valence-corrected chi connectivity index (χ0v) is 13.0. The van der Waals surface area contributed by atoms with E-state index in [-0.39, 0.29) is 6.03 Å². The molecule has 0 unspecified atom stereocenters. The summed E-state index contributed by atoms with van der Waals surface area (Å²) in [5.41, 5.74) is 8.43. The van der Waals surface area contributed by atoms with Crippen LogP contribution in [0.25, 0.3) is 0 Å². The van der Waals surface area contributed by atoms with Crippen LogP contribution in [0.3, 0.4) is 0 Å². The molecule has 2 aromatic rings. The number of nitrogens with one attached hydrogen (secondary N) is 2. The van der Waals surface area contributed by atoms with Crippen LogP contribution in [0.4, 0.5) is 21.9 Å². The van der Waals surface area contributed by atoms with Crippen molar-refractivity contribution in [2.75, 3.05) is 16.4 Å². The van der Waals surface area contributed by atoms with Gasteiger partial charge in [0.2, 0.25) is 0 Å². The van der Waals surface area contributed by atoms with Gasteiger partial charge in [0.1, 0.15) is 0 Å². The summed E-state index contributed by atoms with van der Waals surface area (Å²) in [7, 11) is 0. The molecule has 0 heterocycles. The minimum absolute atomic E-state index is 0.365. The summed E-state index contributed by atoms with van der Waals surface area (Å²) in [4.78, 5) is 11.9. The molecule has 6 heteroatoms. The second kappa shape index (κ2) is 6.15. The summed E-state index contributed by atoms with van der Waals surface area (Å²) in [6.45, 7) is 1.90. The predicted octanol–water partition coefficient (Wildman–Crippen LogP) is 4.64. The second-order valence-electron chi connectivity index (χ2n) is 4.28. The lowest BCUT2D eigenvalue weighted by Gasteiger charge is -2.10. The van der Waals surface area contributed by atoms with Crippen molar-refractivity contribution >= 4 is 50.6 Å². The normalized spacial score (nSPS) is 10.2. The molecule has 20 heavy (non-hydrogen) atoms. The van der Waals surface area contributed by atoms with Crippen LogP contribution in [0.5, 0.6) is 0 Å². The average molecular weight is 355 g/mol. The molecule has 2 amide bonds. The van der Waals surface area contributed by atoms with Crippen LogP contribution in [0.2, 0.25) is 5.02 Å². The molecular formula is C14H13BrClN3O. The first-order chi connectivity index (χ1) is 9.45. The van der Waals surface area contributed by atoms with E-state index in [0.717, 1.165) is 10.0 Å². The number of carbonyl (C=O) groups excluding carboxylic acids is 1. The molecule has 4 nitrogen and oxygen atoms in total. The number of hydrogen-bond acceptors (Lipinski definition) is 2. The number of aryl methyl sites for hydroxylation is 1. The van der Waals surface area contributed by atoms with E-state index in [9.17, 15) is 4.79 Å². The highest BCUT2D eigenvalue weighted by Crippen LogP contribution is 2.25. The molecule has 104 valence electrons. The molecule has 4 N–H and O–H groups in total. The Bertz CT molecular complexity index is 661. The zero-order valence-electron chi connectivity index (χ0n) is 10.7. The van der Waals surface area contributed by atoms with Gasteiger partial charge < -0.3 is 16.4 Å². The first kappa shape index (κ1) is 14.7. The number of amides is 2. The minimum atomic E-state index is -0.365. The van der Waals surface area contributed by atoms with Crippen molar-refractivity contribution in [3.63, 3.8) is 0 Å². The number of anilines is 3. The Labute approximate surface area is 130 Å². The van der Waals surface area contributed by atoms with Crippen molar-refractivity contribution in [2.24, 2.45) is 0 Å². The van der Waals surface area contributed by atoms with Gasteiger partial charge >= 0.3 is 6.03 Å². The molecule has 0 saturated carbocycles. The fourth-order valence-corrected chi connectivity index (χ4v) is 2.12. The van der Waals surface area contributed by atoms with Crippen LogP contribution >= 0.6 is 27.5 Å². The first-order valence-corrected chi connectivity index (χ1v) is 7.02. The van der Waals surface area contributed by atoms with Gasteiger partial charge in [-0.3, -0.25) is 0 Å². The van der Waals surface area contributed by atoms with E-state index in [2.05, 4.69) is 26.6 Å². The van der Waals surface area contributed by atoms with Crippen molar-refractivity contribution < 1.29 is 4.79 Å². The maximum Gasteiger partial charge on any atom is 0.323 e. The highest BCUT2D eigenvalue weighted by atomic mass is 79.9. The number of carbonyl (C=O) groups is 1. The van der Waals surface area contributed by atoms with Crippen molar-refractivity contribution in [2.45, 2.75) is 6.92 Å². The molecular weight excluding hydrogens is 342 g/mol. The number of benzene rings is 2. The minimum Gasteiger partial charge on any atom is -0.399 e. The van der Waals surface area contributed by atoms with Crippen molar-refractivity contribution in [3.05, 3.63) is 51.5 Å². The highest BCUT2D eigenvalue weighted by molar-refractivity contribution is 9.10. The van der Waals surface area contributed by atoms with E-state index >= 15 is 0 Å². The fraction of sp³-hybridized carbons (Fsp3) is 0.0714. The van der Waals surface area contributed by atoms with Crippen molar-refractivity contribution in [1.82, 2.24) is 0 Å². The van der Waals surface area contributed by atoms with Crippen LogP contribution in [0.15, 0.2) is 40.9 Å². The fourth-order valence-electron chi connectivity index (χ4n) is 1.59. The first-order valence-electron chi connectivity index (χ1n) is 5.85. The summed E-state index contributed by atoms with van der Waals surface area (Å²) in [6.07, 6.45) is 0. The van der Waals surface area contributed by atoms with E-state index in [1.54, 1.807) is 30.3 Å². The van der Waals surface area contributed by atoms with Gasteiger partial charge in [0.05, 0.1) is 5.69 Å². The molecule has 0 fully saturated rings. The van der Waals surface area contributed by atoms with Crippen LogP contribution in [0, 0.1) is 6.92 Å². The van der Waals surface area contributed by atoms with Crippen LogP contribution in [0.1, 0.15) is 5.56 Å². The van der Waals surface area contributed by atoms with Gasteiger partial charge in [0, 0.05) is 20.9 Å². The summed E-state index contributed by atoms with van der Waals surface area (Å²) >= 11 is 9.35. The molecule has 0 radical (unpaired) electrons. The average Bonchev–Trinajstić information content (AvgIpc) is 2.38. The van der Waals surface area contributed by atoms with Crippen molar-refractivity contribution in [1.29, 1.82) is 0 Å². The molecule has 0 spiro atoms. The molecule has 2 aromatic carbocycles. The van der Waals surface area contributed by atoms with Gasteiger partial charge in [0.25, 0.3) is 0 Å². The molecule has 0 aliphatic carbocycles. The smallest absolute Gasteiger partial charge is 0.323 e. The number of rotatable bonds is 2. The summed E-state index contributed by atoms with van der Waals surface area (Å²) in [5, 5.41) is 6.03. The van der Waals surface area contributed by atoms with Gasteiger partial charge in [-0.2, -0.15) is 0 Å². The van der Waals surface area contributed by atoms with Crippen molar-refractivity contribution in [3.8, 4) is 0 Å². The zero-order chi connectivity index (χ0) is 14.7. The molecule has 0 aromatic heterocycles. The summed E-state index contributed by atoms with van der Waals surface area (Å²) in [5.74, 6) is 0. The van der Waals surface area contributed by atoms with Gasteiger partial charge in [-0.1, -0.05) is 17.7 Å². The Morgan fingerprint density at radius 2 is 1.95 bits per heavy atom. The van der Waals surface area contributed by atoms with Crippen LogP contribution in [-0.4, -0.2) is 6.03 Å². The topological polar surface area (TPSA) is 67.2 Å². The highest BCUT2D eigenvalue weighted by Gasteiger charge is 2.07. The molecule has 0 aliphatic rings. The number of nitrogens with two attached hydrogens (primary N) is 1. The lowest BCUT2D eigenvalue weighted by Crippen LogP contribution is -2.19. The van der Waals surface area contributed by atoms with E-state index in [4.69, 9.17) is 17.3 Å². The Kier molecular flexibility index (Phi) is 4.52. The molecule has 0 bridgehead atoms. The van der Waals surface area contributed by atoms with E-state index in [1.807, 2.05) is 13.0 Å². The quantitative estimate of drug-likeness (QED) is 0.688. The Hall–Kier alpha value is -1.72. The number of urea groups is 1. The summed E-state index contributed by atoms with van der Waals surface area (Å²) < 4.78 is 0.754. The van der Waals surface area contributed by atoms with E-state index < -0.39 is 0 Å². The lowest BCUT2D eigenvalue weighted by atomic mass is 10.2. The molecule has 0 aliphatic heterocycles. The molecule has 0 saturated heterocycles. The van der Waals surface area contributed by atoms with Crippen LogP contribution < -0.4 is 16.4 Å². The number of hydrogen-bond donors (Lipinski definition) is 3. The SMILES string of the molecule is Cc1ccc(NC(=O)Nc2cc(N)ccc2Br)cc1Cl. The Morgan fingerprint density at radius 1 is 1.20 bits per heavy atom. The Morgan fingerprint density at radius 3 is 2.65 bits per heavy atom. The van der Waals surface area contributed by atoms with E-state index in [1.165, 1.54) is 0 Å². The third-order valence-electron chi connectivity index (χ3n) is 2.67. The third-order valence-corrected chi connectivity index (χ3v) is 3.77. The maximum atomic E-state index is 11.9. The second-order valence-corrected chi connectivity index (χ2v) is 5.54. The van der Waals surface area contributed by atoms with Gasteiger partial charge in [-0.05, 0) is 58.7 Å². The molecule has 2 rings (SSSR count). The standard InChI is InChI=1S/C14H13BrClN3O/c1-8-2-4-10(7-12(8)16)18-14(20)19-13-6-9(17)3-5-11(13)15/h2-7H,17H2,1H3,(H2,18,19,20). The third kappa shape index (κ3) is 3.65. The summed E-state index contributed by atoms with van der Waals surface area (Å²) in [6, 6.07) is 10.2. The number of halogens is 2. The lowest BCUT2D eigenvalue weighted by molar-refractivity contribution is 0.262. The molecule has 0 atom stereocenters.